The number of aliphatic hydroxyl groups excluding tert-OH is 1. The monoisotopic (exact) mass is 323 g/mol. The van der Waals surface area contributed by atoms with Crippen LogP contribution in [0.1, 0.15) is 78.1 Å². The normalized spacial score (nSPS) is 21.3. The summed E-state index contributed by atoms with van der Waals surface area (Å²) in [6.45, 7) is 8.60. The standard InChI is InChI=1S/C20H39N2O/c1-3-5-6-7-8-9-10-11-12-13-14-15-20-21-16-17-22(20,4-2)18-19-23/h13-14,23H,3-12,15-19H2,1-2H3/q+1/b14-13+. The van der Waals surface area contributed by atoms with E-state index in [2.05, 4.69) is 31.0 Å². The lowest BCUT2D eigenvalue weighted by atomic mass is 10.1. The van der Waals surface area contributed by atoms with Gasteiger partial charge in [0.05, 0.1) is 26.1 Å². The number of hydrogen-bond acceptors (Lipinski definition) is 2. The molecule has 0 amide bonds. The SMILES string of the molecule is CCCCCCCCCC/C=C/CC1=NCC[N+]1(CC)CCO. The van der Waals surface area contributed by atoms with Gasteiger partial charge in [0.1, 0.15) is 13.1 Å². The molecule has 0 aromatic heterocycles. The minimum atomic E-state index is 0.259. The Balaban J connectivity index is 2.10. The van der Waals surface area contributed by atoms with Crippen molar-refractivity contribution in [3.8, 4) is 0 Å². The van der Waals surface area contributed by atoms with Gasteiger partial charge in [-0.1, -0.05) is 64.0 Å². The Labute approximate surface area is 144 Å². The second-order valence-corrected chi connectivity index (χ2v) is 6.87. The van der Waals surface area contributed by atoms with Gasteiger partial charge in [-0.05, 0) is 19.8 Å². The Kier molecular flexibility index (Phi) is 11.3. The van der Waals surface area contributed by atoms with Gasteiger partial charge >= 0.3 is 0 Å². The Bertz CT molecular complexity index is 352. The van der Waals surface area contributed by atoms with Crippen LogP contribution in [0, 0.1) is 0 Å². The lowest BCUT2D eigenvalue weighted by Gasteiger charge is -2.32. The zero-order chi connectivity index (χ0) is 16.8. The van der Waals surface area contributed by atoms with E-state index >= 15 is 0 Å². The third-order valence-corrected chi connectivity index (χ3v) is 5.19. The summed E-state index contributed by atoms with van der Waals surface area (Å²) in [5.41, 5.74) is 0. The topological polar surface area (TPSA) is 32.6 Å². The molecule has 0 radical (unpaired) electrons. The largest absolute Gasteiger partial charge is 0.390 e. The second-order valence-electron chi connectivity index (χ2n) is 6.87. The molecule has 0 saturated heterocycles. The Morgan fingerprint density at radius 3 is 2.35 bits per heavy atom. The molecule has 0 fully saturated rings. The summed E-state index contributed by atoms with van der Waals surface area (Å²) < 4.78 is 0.901. The maximum Gasteiger partial charge on any atom is 0.202 e. The fraction of sp³-hybridized carbons (Fsp3) is 0.850. The van der Waals surface area contributed by atoms with Crippen LogP contribution in [-0.2, 0) is 0 Å². The lowest BCUT2D eigenvalue weighted by Crippen LogP contribution is -2.52. The van der Waals surface area contributed by atoms with Crippen LogP contribution in [0.3, 0.4) is 0 Å². The third-order valence-electron chi connectivity index (χ3n) is 5.19. The van der Waals surface area contributed by atoms with Gasteiger partial charge in [-0.25, -0.2) is 4.99 Å². The van der Waals surface area contributed by atoms with Crippen LogP contribution in [0.2, 0.25) is 0 Å². The zero-order valence-electron chi connectivity index (χ0n) is 15.6. The van der Waals surface area contributed by atoms with Crippen molar-refractivity contribution in [2.75, 3.05) is 32.8 Å². The molecular formula is C20H39N2O+. The minimum absolute atomic E-state index is 0.259. The van der Waals surface area contributed by atoms with Crippen LogP contribution in [0.15, 0.2) is 17.1 Å². The van der Waals surface area contributed by atoms with Gasteiger partial charge in [-0.2, -0.15) is 0 Å². The smallest absolute Gasteiger partial charge is 0.202 e. The van der Waals surface area contributed by atoms with E-state index in [4.69, 9.17) is 0 Å². The molecule has 3 nitrogen and oxygen atoms in total. The molecule has 3 heteroatoms. The van der Waals surface area contributed by atoms with E-state index in [0.29, 0.717) is 0 Å². The van der Waals surface area contributed by atoms with E-state index in [1.165, 1.54) is 63.6 Å². The molecule has 0 saturated carbocycles. The van der Waals surface area contributed by atoms with Gasteiger partial charge in [-0.3, -0.25) is 4.48 Å². The van der Waals surface area contributed by atoms with Gasteiger partial charge in [0.15, 0.2) is 0 Å². The molecule has 0 spiro atoms. The van der Waals surface area contributed by atoms with E-state index in [1.54, 1.807) is 0 Å². The summed E-state index contributed by atoms with van der Waals surface area (Å²) in [5, 5.41) is 9.31. The van der Waals surface area contributed by atoms with Gasteiger partial charge in [0.2, 0.25) is 5.84 Å². The van der Waals surface area contributed by atoms with Crippen molar-refractivity contribution < 1.29 is 9.59 Å². The molecule has 1 unspecified atom stereocenters. The first-order chi connectivity index (χ1) is 11.3. The van der Waals surface area contributed by atoms with Gasteiger partial charge < -0.3 is 5.11 Å². The average molecular weight is 324 g/mol. The Hall–Kier alpha value is -0.670. The Morgan fingerprint density at radius 2 is 1.70 bits per heavy atom. The number of aliphatic hydroxyl groups is 1. The molecule has 0 bridgehead atoms. The number of quaternary nitrogens is 1. The Morgan fingerprint density at radius 1 is 1.00 bits per heavy atom. The molecule has 1 heterocycles. The van der Waals surface area contributed by atoms with Crippen molar-refractivity contribution in [1.29, 1.82) is 0 Å². The van der Waals surface area contributed by atoms with Crippen LogP contribution in [-0.4, -0.2) is 48.2 Å². The number of amidine groups is 1. The first kappa shape index (κ1) is 20.4. The predicted octanol–water partition coefficient (Wildman–Crippen LogP) is 4.70. The van der Waals surface area contributed by atoms with Crippen LogP contribution < -0.4 is 0 Å². The van der Waals surface area contributed by atoms with Crippen molar-refractivity contribution in [3.05, 3.63) is 12.2 Å². The van der Waals surface area contributed by atoms with Crippen molar-refractivity contribution in [3.63, 3.8) is 0 Å². The van der Waals surface area contributed by atoms with Crippen molar-refractivity contribution >= 4 is 5.84 Å². The van der Waals surface area contributed by atoms with Crippen LogP contribution >= 0.6 is 0 Å². The number of hydrogen-bond donors (Lipinski definition) is 1. The van der Waals surface area contributed by atoms with Crippen LogP contribution in [0.25, 0.3) is 0 Å². The molecule has 1 atom stereocenters. The summed E-state index contributed by atoms with van der Waals surface area (Å²) in [4.78, 5) is 4.69. The van der Waals surface area contributed by atoms with Gasteiger partial charge in [0.25, 0.3) is 0 Å². The van der Waals surface area contributed by atoms with E-state index in [0.717, 1.165) is 37.1 Å². The molecule has 1 aliphatic rings. The number of nitrogens with zero attached hydrogens (tertiary/aromatic N) is 2. The molecule has 1 aliphatic heterocycles. The van der Waals surface area contributed by atoms with Crippen molar-refractivity contribution in [2.45, 2.75) is 78.1 Å². The first-order valence-corrected chi connectivity index (χ1v) is 9.95. The summed E-state index contributed by atoms with van der Waals surface area (Å²) in [6, 6.07) is 0. The highest BCUT2D eigenvalue weighted by molar-refractivity contribution is 5.78. The summed E-state index contributed by atoms with van der Waals surface area (Å²) >= 11 is 0. The highest BCUT2D eigenvalue weighted by atomic mass is 16.3. The zero-order valence-corrected chi connectivity index (χ0v) is 15.6. The van der Waals surface area contributed by atoms with Crippen molar-refractivity contribution in [1.82, 2.24) is 0 Å². The number of rotatable bonds is 14. The molecule has 134 valence electrons. The molecule has 1 rings (SSSR count). The molecule has 0 aromatic carbocycles. The van der Waals surface area contributed by atoms with Crippen LogP contribution in [0.4, 0.5) is 0 Å². The molecule has 0 aromatic rings. The second kappa shape index (κ2) is 12.7. The fourth-order valence-corrected chi connectivity index (χ4v) is 3.54. The van der Waals surface area contributed by atoms with Crippen molar-refractivity contribution in [2.24, 2.45) is 4.99 Å². The lowest BCUT2D eigenvalue weighted by molar-refractivity contribution is -0.834. The number of allylic oxidation sites excluding steroid dienone is 1. The fourth-order valence-electron chi connectivity index (χ4n) is 3.54. The van der Waals surface area contributed by atoms with Gasteiger partial charge in [0, 0.05) is 0 Å². The number of likely N-dealkylation sites (N-methyl/N-ethyl adjacent to an activating group) is 1. The molecule has 0 aliphatic carbocycles. The highest BCUT2D eigenvalue weighted by Gasteiger charge is 2.34. The number of aliphatic imine (C=N–C) groups is 1. The molecule has 1 N–H and O–H groups in total. The third kappa shape index (κ3) is 7.63. The quantitative estimate of drug-likeness (QED) is 0.280. The molecular weight excluding hydrogens is 284 g/mol. The highest BCUT2D eigenvalue weighted by Crippen LogP contribution is 2.18. The van der Waals surface area contributed by atoms with E-state index in [9.17, 15) is 5.11 Å². The summed E-state index contributed by atoms with van der Waals surface area (Å²) in [6.07, 6.45) is 17.9. The first-order valence-electron chi connectivity index (χ1n) is 9.95. The minimum Gasteiger partial charge on any atom is -0.390 e. The molecule has 23 heavy (non-hydrogen) atoms. The van der Waals surface area contributed by atoms with E-state index < -0.39 is 0 Å². The van der Waals surface area contributed by atoms with Crippen LogP contribution in [0.5, 0.6) is 0 Å². The maximum absolute atomic E-state index is 9.31. The van der Waals surface area contributed by atoms with E-state index in [1.807, 2.05) is 0 Å². The maximum atomic E-state index is 9.31. The van der Waals surface area contributed by atoms with E-state index in [-0.39, 0.29) is 6.61 Å². The van der Waals surface area contributed by atoms with Gasteiger partial charge in [-0.15, -0.1) is 0 Å². The summed E-state index contributed by atoms with van der Waals surface area (Å²) in [5.74, 6) is 1.27. The average Bonchev–Trinajstić information content (AvgIpc) is 2.96. The predicted molar refractivity (Wildman–Crippen MR) is 101 cm³/mol. The number of unbranched alkanes of at least 4 members (excludes halogenated alkanes) is 8. The summed E-state index contributed by atoms with van der Waals surface area (Å²) in [7, 11) is 0.